The summed E-state index contributed by atoms with van der Waals surface area (Å²) in [5, 5.41) is 6.18. The molecule has 0 aromatic carbocycles. The second-order valence-electron chi connectivity index (χ2n) is 8.28. The van der Waals surface area contributed by atoms with Crippen molar-refractivity contribution in [2.45, 2.75) is 51.7 Å². The molecule has 2 aromatic heterocycles. The number of hydrogen-bond donors (Lipinski definition) is 1. The molecule has 2 fully saturated rings. The number of pyridine rings is 1. The van der Waals surface area contributed by atoms with Gasteiger partial charge in [-0.15, -0.1) is 11.3 Å². The number of piperidine rings is 2. The van der Waals surface area contributed by atoms with Crippen LogP contribution < -0.4 is 5.32 Å². The maximum absolute atomic E-state index is 12.7. The number of likely N-dealkylation sites (tertiary alicyclic amines) is 2. The van der Waals surface area contributed by atoms with Crippen LogP contribution in [0, 0.1) is 12.8 Å². The Balaban J connectivity index is 1.23. The molecule has 0 aliphatic carbocycles. The third-order valence-corrected chi connectivity index (χ3v) is 6.96. The Kier molecular flexibility index (Phi) is 6.90. The lowest BCUT2D eigenvalue weighted by molar-refractivity contribution is -0.127. The van der Waals surface area contributed by atoms with Gasteiger partial charge in [0.25, 0.3) is 0 Å². The van der Waals surface area contributed by atoms with Crippen molar-refractivity contribution in [3.05, 3.63) is 46.2 Å². The lowest BCUT2D eigenvalue weighted by atomic mass is 9.93. The fraction of sp³-hybridized carbons (Fsp3) is 0.591. The average Bonchev–Trinajstić information content (AvgIpc) is 3.18. The van der Waals surface area contributed by atoms with Crippen LogP contribution in [-0.2, 0) is 17.9 Å². The van der Waals surface area contributed by atoms with E-state index < -0.39 is 0 Å². The summed E-state index contributed by atoms with van der Waals surface area (Å²) in [5.74, 6) is 0.297. The zero-order valence-electron chi connectivity index (χ0n) is 17.2. The van der Waals surface area contributed by atoms with Crippen LogP contribution in [0.5, 0.6) is 0 Å². The van der Waals surface area contributed by atoms with E-state index in [-0.39, 0.29) is 11.8 Å². The molecule has 0 radical (unpaired) electrons. The molecule has 1 atom stereocenters. The van der Waals surface area contributed by atoms with Gasteiger partial charge in [0.05, 0.1) is 23.2 Å². The highest BCUT2D eigenvalue weighted by atomic mass is 32.1. The quantitative estimate of drug-likeness (QED) is 0.789. The molecule has 2 aromatic rings. The Labute approximate surface area is 177 Å². The molecule has 7 heteroatoms. The molecule has 29 heavy (non-hydrogen) atoms. The van der Waals surface area contributed by atoms with Crippen molar-refractivity contribution < 1.29 is 4.79 Å². The normalized spacial score (nSPS) is 21.9. The Bertz CT molecular complexity index is 788. The van der Waals surface area contributed by atoms with Crippen molar-refractivity contribution >= 4 is 17.2 Å². The smallest absolute Gasteiger partial charge is 0.224 e. The topological polar surface area (TPSA) is 61.4 Å². The Morgan fingerprint density at radius 3 is 2.86 bits per heavy atom. The molecular formula is C22H31N5OS. The predicted molar refractivity (Wildman–Crippen MR) is 116 cm³/mol. The number of rotatable bonds is 6. The summed E-state index contributed by atoms with van der Waals surface area (Å²) < 4.78 is 0. The Morgan fingerprint density at radius 1 is 1.28 bits per heavy atom. The molecule has 4 heterocycles. The number of thiazole rings is 1. The standard InChI is InChI=1S/C22H31N5OS/c1-17-25-20(16-29-17)13-24-22(28)19-5-3-9-27(15-19)21-6-10-26(11-7-21)14-18-4-2-8-23-12-18/h2,4,8,12,16,19,21H,3,5-7,9-11,13-15H2,1H3,(H,24,28)/t19-/m0/s1. The van der Waals surface area contributed by atoms with Crippen LogP contribution in [0.3, 0.4) is 0 Å². The number of aromatic nitrogens is 2. The zero-order valence-corrected chi connectivity index (χ0v) is 18.0. The van der Waals surface area contributed by atoms with E-state index in [9.17, 15) is 4.79 Å². The minimum atomic E-state index is 0.108. The maximum atomic E-state index is 12.7. The van der Waals surface area contributed by atoms with Gasteiger partial charge in [-0.1, -0.05) is 6.07 Å². The summed E-state index contributed by atoms with van der Waals surface area (Å²) in [5.41, 5.74) is 2.26. The highest BCUT2D eigenvalue weighted by molar-refractivity contribution is 7.09. The molecule has 1 amide bonds. The van der Waals surface area contributed by atoms with E-state index in [0.29, 0.717) is 12.6 Å². The Morgan fingerprint density at radius 2 is 2.14 bits per heavy atom. The monoisotopic (exact) mass is 413 g/mol. The number of carbonyl (C=O) groups is 1. The van der Waals surface area contributed by atoms with Gasteiger partial charge in [0.2, 0.25) is 5.91 Å². The van der Waals surface area contributed by atoms with Gasteiger partial charge >= 0.3 is 0 Å². The molecule has 156 valence electrons. The van der Waals surface area contributed by atoms with Gasteiger partial charge in [-0.3, -0.25) is 19.6 Å². The van der Waals surface area contributed by atoms with Gasteiger partial charge in [-0.05, 0) is 63.9 Å². The molecule has 2 aliphatic heterocycles. The summed E-state index contributed by atoms with van der Waals surface area (Å²) in [4.78, 5) is 26.4. The van der Waals surface area contributed by atoms with Crippen LogP contribution >= 0.6 is 11.3 Å². The van der Waals surface area contributed by atoms with Crippen molar-refractivity contribution in [1.29, 1.82) is 0 Å². The van der Waals surface area contributed by atoms with Crippen LogP contribution in [0.2, 0.25) is 0 Å². The van der Waals surface area contributed by atoms with E-state index in [1.165, 1.54) is 18.4 Å². The van der Waals surface area contributed by atoms with E-state index in [2.05, 4.69) is 31.2 Å². The first-order valence-corrected chi connectivity index (χ1v) is 11.6. The minimum absolute atomic E-state index is 0.108. The lowest BCUT2D eigenvalue weighted by Crippen LogP contribution is -2.50. The fourth-order valence-electron chi connectivity index (χ4n) is 4.56. The van der Waals surface area contributed by atoms with E-state index in [1.807, 2.05) is 30.8 Å². The van der Waals surface area contributed by atoms with Gasteiger partial charge < -0.3 is 5.32 Å². The molecule has 1 N–H and O–H groups in total. The van der Waals surface area contributed by atoms with Gasteiger partial charge in [-0.2, -0.15) is 0 Å². The molecule has 0 spiro atoms. The van der Waals surface area contributed by atoms with Crippen molar-refractivity contribution in [2.24, 2.45) is 5.92 Å². The SMILES string of the molecule is Cc1nc(CNC(=O)[C@H]2CCCN(C3CCN(Cc4cccnc4)CC3)C2)cs1. The van der Waals surface area contributed by atoms with Crippen molar-refractivity contribution in [3.8, 4) is 0 Å². The molecule has 0 unspecified atom stereocenters. The third-order valence-electron chi connectivity index (χ3n) is 6.14. The first kappa shape index (κ1) is 20.4. The van der Waals surface area contributed by atoms with Crippen LogP contribution in [0.15, 0.2) is 29.9 Å². The number of nitrogens with zero attached hydrogens (tertiary/aromatic N) is 4. The zero-order chi connectivity index (χ0) is 20.1. The average molecular weight is 414 g/mol. The number of aryl methyl sites for hydroxylation is 1. The summed E-state index contributed by atoms with van der Waals surface area (Å²) in [6, 6.07) is 4.77. The largest absolute Gasteiger partial charge is 0.350 e. The van der Waals surface area contributed by atoms with Crippen molar-refractivity contribution in [1.82, 2.24) is 25.1 Å². The lowest BCUT2D eigenvalue weighted by Gasteiger charge is -2.42. The second kappa shape index (κ2) is 9.78. The summed E-state index contributed by atoms with van der Waals surface area (Å²) in [6.07, 6.45) is 8.28. The number of hydrogen-bond acceptors (Lipinski definition) is 6. The van der Waals surface area contributed by atoms with E-state index >= 15 is 0 Å². The van der Waals surface area contributed by atoms with Crippen LogP contribution in [-0.4, -0.2) is 57.9 Å². The summed E-state index contributed by atoms with van der Waals surface area (Å²) in [6.45, 7) is 7.80. The highest BCUT2D eigenvalue weighted by Gasteiger charge is 2.31. The van der Waals surface area contributed by atoms with E-state index in [1.54, 1.807) is 11.3 Å². The minimum Gasteiger partial charge on any atom is -0.350 e. The van der Waals surface area contributed by atoms with Crippen LogP contribution in [0.1, 0.15) is 41.9 Å². The molecule has 0 bridgehead atoms. The van der Waals surface area contributed by atoms with Crippen LogP contribution in [0.4, 0.5) is 0 Å². The molecule has 2 aliphatic rings. The maximum Gasteiger partial charge on any atom is 0.224 e. The van der Waals surface area contributed by atoms with Crippen LogP contribution in [0.25, 0.3) is 0 Å². The molecule has 4 rings (SSSR count). The first-order chi connectivity index (χ1) is 14.2. The van der Waals surface area contributed by atoms with Crippen molar-refractivity contribution in [2.75, 3.05) is 26.2 Å². The predicted octanol–water partition coefficient (Wildman–Crippen LogP) is 2.84. The van der Waals surface area contributed by atoms with Gasteiger partial charge in [0, 0.05) is 36.9 Å². The number of nitrogens with one attached hydrogen (secondary N) is 1. The summed E-state index contributed by atoms with van der Waals surface area (Å²) in [7, 11) is 0. The van der Waals surface area contributed by atoms with E-state index in [4.69, 9.17) is 0 Å². The molecule has 6 nitrogen and oxygen atoms in total. The molecular weight excluding hydrogens is 382 g/mol. The van der Waals surface area contributed by atoms with E-state index in [0.717, 1.165) is 56.3 Å². The summed E-state index contributed by atoms with van der Waals surface area (Å²) >= 11 is 1.63. The van der Waals surface area contributed by atoms with Gasteiger partial charge in [0.15, 0.2) is 0 Å². The van der Waals surface area contributed by atoms with Gasteiger partial charge in [-0.25, -0.2) is 4.98 Å². The van der Waals surface area contributed by atoms with Gasteiger partial charge in [0.1, 0.15) is 0 Å². The Hall–Kier alpha value is -1.83. The second-order valence-corrected chi connectivity index (χ2v) is 9.34. The first-order valence-electron chi connectivity index (χ1n) is 10.7. The highest BCUT2D eigenvalue weighted by Crippen LogP contribution is 2.25. The number of amides is 1. The fourth-order valence-corrected chi connectivity index (χ4v) is 5.17. The number of carbonyl (C=O) groups excluding carboxylic acids is 1. The third kappa shape index (κ3) is 5.62. The van der Waals surface area contributed by atoms with Crippen molar-refractivity contribution in [3.63, 3.8) is 0 Å². The molecule has 0 saturated carbocycles. The molecule has 2 saturated heterocycles.